The lowest BCUT2D eigenvalue weighted by Gasteiger charge is -1.93. The minimum atomic E-state index is -0.974. The number of thioether (sulfide) groups is 1. The van der Waals surface area contributed by atoms with Gasteiger partial charge in [0.25, 0.3) is 0 Å². The van der Waals surface area contributed by atoms with Crippen molar-refractivity contribution in [2.45, 2.75) is 26.2 Å². The predicted octanol–water partition coefficient (Wildman–Crippen LogP) is 2.82. The first kappa shape index (κ1) is 16.5. The molecule has 106 valence electrons. The van der Waals surface area contributed by atoms with E-state index >= 15 is 0 Å². The molecule has 0 unspecified atom stereocenters. The Hall–Kier alpha value is -1.58. The number of hydrogen-bond donors (Lipinski definition) is 1. The van der Waals surface area contributed by atoms with E-state index in [4.69, 9.17) is 5.11 Å². The molecule has 0 amide bonds. The third-order valence-electron chi connectivity index (χ3n) is 2.19. The minimum Gasteiger partial charge on any atom is -0.481 e. The van der Waals surface area contributed by atoms with Crippen LogP contribution in [0.2, 0.25) is 0 Å². The molecule has 20 heavy (non-hydrogen) atoms. The Morgan fingerprint density at radius 3 is 2.70 bits per heavy atom. The fraction of sp³-hybridized carbons (Fsp3) is 0.357. The summed E-state index contributed by atoms with van der Waals surface area (Å²) in [6.07, 6.45) is 0.475. The van der Waals surface area contributed by atoms with Crippen molar-refractivity contribution in [3.05, 3.63) is 21.9 Å². The summed E-state index contributed by atoms with van der Waals surface area (Å²) in [5, 5.41) is 8.60. The van der Waals surface area contributed by atoms with E-state index < -0.39 is 5.97 Å². The fourth-order valence-corrected chi connectivity index (χ4v) is 2.63. The van der Waals surface area contributed by atoms with Gasteiger partial charge in [0.2, 0.25) is 0 Å². The normalized spacial score (nSPS) is 9.65. The van der Waals surface area contributed by atoms with Crippen LogP contribution in [-0.2, 0) is 9.59 Å². The maximum Gasteiger partial charge on any atom is 0.303 e. The standard InChI is InChI=1S/C14H14O4S2/c1-10(15)19-9-3-2-4-11-5-7-13(20-11)12(16)6-8-14(17)18/h5,7H,3,6,8-9H2,1H3,(H,17,18). The number of hydrogen-bond acceptors (Lipinski definition) is 5. The molecule has 1 rings (SSSR count). The van der Waals surface area contributed by atoms with Gasteiger partial charge in [-0.3, -0.25) is 14.4 Å². The molecule has 0 aliphatic heterocycles. The molecule has 1 aromatic rings. The number of carbonyl (C=O) groups excluding carboxylic acids is 2. The molecule has 0 bridgehead atoms. The molecule has 0 atom stereocenters. The van der Waals surface area contributed by atoms with Gasteiger partial charge < -0.3 is 5.11 Å². The molecule has 1 heterocycles. The zero-order valence-corrected chi connectivity index (χ0v) is 12.6. The van der Waals surface area contributed by atoms with Crippen molar-refractivity contribution in [2.75, 3.05) is 5.75 Å². The second kappa shape index (κ2) is 8.56. The largest absolute Gasteiger partial charge is 0.481 e. The molecule has 0 fully saturated rings. The number of ketones is 1. The molecule has 0 spiro atoms. The number of aliphatic carboxylic acids is 1. The Labute approximate surface area is 125 Å². The SMILES string of the molecule is CC(=O)SCCC#Cc1ccc(C(=O)CCC(=O)O)s1. The van der Waals surface area contributed by atoms with Crippen LogP contribution in [0.3, 0.4) is 0 Å². The molecule has 0 saturated carbocycles. The number of thiophene rings is 1. The van der Waals surface area contributed by atoms with Gasteiger partial charge in [-0.25, -0.2) is 0 Å². The van der Waals surface area contributed by atoms with Crippen molar-refractivity contribution in [3.63, 3.8) is 0 Å². The van der Waals surface area contributed by atoms with Crippen molar-refractivity contribution in [1.82, 2.24) is 0 Å². The molecule has 4 nitrogen and oxygen atoms in total. The van der Waals surface area contributed by atoms with Crippen LogP contribution in [0.1, 0.15) is 40.7 Å². The average molecular weight is 310 g/mol. The highest BCUT2D eigenvalue weighted by Crippen LogP contribution is 2.18. The van der Waals surface area contributed by atoms with E-state index in [2.05, 4.69) is 11.8 Å². The van der Waals surface area contributed by atoms with Gasteiger partial charge in [0, 0.05) is 25.5 Å². The van der Waals surface area contributed by atoms with Gasteiger partial charge in [0.15, 0.2) is 10.9 Å². The first-order valence-corrected chi connectivity index (χ1v) is 7.76. The van der Waals surface area contributed by atoms with E-state index in [0.29, 0.717) is 17.1 Å². The molecule has 0 saturated heterocycles. The van der Waals surface area contributed by atoms with Gasteiger partial charge >= 0.3 is 5.97 Å². The summed E-state index contributed by atoms with van der Waals surface area (Å²) in [6.45, 7) is 1.52. The predicted molar refractivity (Wildman–Crippen MR) is 80.2 cm³/mol. The molecule has 0 aliphatic rings. The number of carboxylic acid groups (broad SMARTS) is 1. The summed E-state index contributed by atoms with van der Waals surface area (Å²) in [5.74, 6) is 5.40. The highest BCUT2D eigenvalue weighted by atomic mass is 32.2. The van der Waals surface area contributed by atoms with E-state index in [1.54, 1.807) is 12.1 Å². The van der Waals surface area contributed by atoms with E-state index in [-0.39, 0.29) is 23.7 Å². The van der Waals surface area contributed by atoms with E-state index in [1.807, 2.05) is 0 Å². The molecule has 1 aromatic heterocycles. The summed E-state index contributed by atoms with van der Waals surface area (Å²) in [5.41, 5.74) is 0. The van der Waals surface area contributed by atoms with Crippen molar-refractivity contribution >= 4 is 40.0 Å². The van der Waals surface area contributed by atoms with Gasteiger partial charge in [0.05, 0.1) is 16.2 Å². The van der Waals surface area contributed by atoms with Crippen LogP contribution in [0, 0.1) is 11.8 Å². The van der Waals surface area contributed by atoms with Gasteiger partial charge in [-0.15, -0.1) is 11.3 Å². The minimum absolute atomic E-state index is 0.0119. The summed E-state index contributed by atoms with van der Waals surface area (Å²) >= 11 is 2.51. The number of Topliss-reactive ketones (excluding diaryl/α,β-unsaturated/α-hetero) is 1. The monoisotopic (exact) mass is 310 g/mol. The Balaban J connectivity index is 2.46. The first-order chi connectivity index (χ1) is 9.49. The lowest BCUT2D eigenvalue weighted by molar-refractivity contribution is -0.136. The highest BCUT2D eigenvalue weighted by molar-refractivity contribution is 8.13. The first-order valence-electron chi connectivity index (χ1n) is 5.96. The maximum absolute atomic E-state index is 11.7. The van der Waals surface area contributed by atoms with Gasteiger partial charge in [-0.1, -0.05) is 23.6 Å². The Morgan fingerprint density at radius 2 is 2.05 bits per heavy atom. The van der Waals surface area contributed by atoms with E-state index in [0.717, 1.165) is 4.88 Å². The number of carboxylic acids is 1. The van der Waals surface area contributed by atoms with Crippen LogP contribution in [0.15, 0.2) is 12.1 Å². The van der Waals surface area contributed by atoms with Gasteiger partial charge in [-0.2, -0.15) is 0 Å². The van der Waals surface area contributed by atoms with Crippen molar-refractivity contribution in [1.29, 1.82) is 0 Å². The van der Waals surface area contributed by atoms with Crippen molar-refractivity contribution in [2.24, 2.45) is 0 Å². The van der Waals surface area contributed by atoms with Crippen LogP contribution in [-0.4, -0.2) is 27.7 Å². The molecular formula is C14H14O4S2. The smallest absolute Gasteiger partial charge is 0.303 e. The third-order valence-corrected chi connectivity index (χ3v) is 4.05. The van der Waals surface area contributed by atoms with Crippen LogP contribution in [0.4, 0.5) is 0 Å². The average Bonchev–Trinajstić information content (AvgIpc) is 2.84. The zero-order valence-electron chi connectivity index (χ0n) is 11.0. The van der Waals surface area contributed by atoms with Crippen LogP contribution < -0.4 is 0 Å². The summed E-state index contributed by atoms with van der Waals surface area (Å²) in [7, 11) is 0. The topological polar surface area (TPSA) is 71.4 Å². The Kier molecular flexibility index (Phi) is 7.05. The van der Waals surface area contributed by atoms with E-state index in [9.17, 15) is 14.4 Å². The molecule has 0 aliphatic carbocycles. The Morgan fingerprint density at radius 1 is 1.30 bits per heavy atom. The number of carbonyl (C=O) groups is 3. The Bertz CT molecular complexity index is 563. The van der Waals surface area contributed by atoms with Crippen LogP contribution in [0.5, 0.6) is 0 Å². The highest BCUT2D eigenvalue weighted by Gasteiger charge is 2.10. The van der Waals surface area contributed by atoms with E-state index in [1.165, 1.54) is 30.0 Å². The second-order valence-electron chi connectivity index (χ2n) is 3.87. The fourth-order valence-electron chi connectivity index (χ4n) is 1.29. The molecule has 0 radical (unpaired) electrons. The molecule has 6 heteroatoms. The summed E-state index contributed by atoms with van der Waals surface area (Å²) in [4.78, 5) is 34.1. The molecule has 0 aromatic carbocycles. The molecular weight excluding hydrogens is 296 g/mol. The summed E-state index contributed by atoms with van der Waals surface area (Å²) in [6, 6.07) is 3.42. The lowest BCUT2D eigenvalue weighted by atomic mass is 10.2. The third kappa shape index (κ3) is 6.55. The maximum atomic E-state index is 11.7. The van der Waals surface area contributed by atoms with Crippen molar-refractivity contribution in [3.8, 4) is 11.8 Å². The van der Waals surface area contributed by atoms with Crippen LogP contribution >= 0.6 is 23.1 Å². The zero-order chi connectivity index (χ0) is 15.0. The lowest BCUT2D eigenvalue weighted by Crippen LogP contribution is -2.01. The van der Waals surface area contributed by atoms with Crippen molar-refractivity contribution < 1.29 is 19.5 Å². The van der Waals surface area contributed by atoms with Gasteiger partial charge in [0.1, 0.15) is 0 Å². The second-order valence-corrected chi connectivity index (χ2v) is 6.23. The molecule has 1 N–H and O–H groups in total. The van der Waals surface area contributed by atoms with Crippen LogP contribution in [0.25, 0.3) is 0 Å². The van der Waals surface area contributed by atoms with Gasteiger partial charge in [-0.05, 0) is 12.1 Å². The quantitative estimate of drug-likeness (QED) is 0.497. The summed E-state index contributed by atoms with van der Waals surface area (Å²) < 4.78 is 0. The number of rotatable bonds is 6.